The van der Waals surface area contributed by atoms with E-state index in [0.29, 0.717) is 61.8 Å². The van der Waals surface area contributed by atoms with Crippen LogP contribution in [0.1, 0.15) is 66.5 Å². The summed E-state index contributed by atoms with van der Waals surface area (Å²) in [5.41, 5.74) is 16.6. The number of ketones is 1. The van der Waals surface area contributed by atoms with Gasteiger partial charge in [-0.1, -0.05) is 128 Å². The van der Waals surface area contributed by atoms with Crippen LogP contribution in [-0.2, 0) is 40.0 Å². The molecule has 0 atom stereocenters. The number of hydrogen-bond acceptors (Lipinski definition) is 12. The third kappa shape index (κ3) is 15.6. The topological polar surface area (TPSA) is 176 Å². The molecule has 0 radical (unpaired) electrons. The van der Waals surface area contributed by atoms with Crippen LogP contribution in [0.2, 0.25) is 0 Å². The predicted octanol–water partition coefficient (Wildman–Crippen LogP) is 11.0. The second-order valence-electron chi connectivity index (χ2n) is 17.1. The van der Waals surface area contributed by atoms with Gasteiger partial charge in [0, 0.05) is 56.2 Å². The third-order valence-corrected chi connectivity index (χ3v) is 11.5. The molecule has 6 aromatic carbocycles. The molecule has 0 fully saturated rings. The first-order valence-electron chi connectivity index (χ1n) is 24.9. The second kappa shape index (κ2) is 28.1. The van der Waals surface area contributed by atoms with Gasteiger partial charge in [-0.15, -0.1) is 0 Å². The van der Waals surface area contributed by atoms with Crippen LogP contribution >= 0.6 is 0 Å². The standard InChI is InChI=1S/C28H25N3O3.C20H21N3O.C13H18O3/c32-15-16-34-23-13-11-22(12-14-23)26-19-31-27(24(29-26)17-20-7-3-1-4-8-20)30-25(28(31)33)18-21-9-5-2-6-10-21;1-2-12-24-17-10-8-16(9-11-17)19-14-22-20(21)18(23-19)13-15-6-4-3-5-7-15;1-3-15-13(16-4-2)12(14)10-11-8-6-5-7-9-11/h1-14,19,32-33H,15-18H2;3-11,14H,2,12-13H2,1H3,(H2,21,22);5-9,13H,3-4,10H2,1-2H3. The lowest BCUT2D eigenvalue weighted by Crippen LogP contribution is -2.29. The summed E-state index contributed by atoms with van der Waals surface area (Å²) in [5.74, 6) is 2.12. The van der Waals surface area contributed by atoms with Gasteiger partial charge in [0.25, 0.3) is 0 Å². The van der Waals surface area contributed by atoms with Gasteiger partial charge >= 0.3 is 0 Å². The highest BCUT2D eigenvalue weighted by molar-refractivity contribution is 5.84. The molecule has 13 nitrogen and oxygen atoms in total. The second-order valence-corrected chi connectivity index (χ2v) is 17.1. The number of anilines is 1. The van der Waals surface area contributed by atoms with E-state index in [2.05, 4.69) is 36.2 Å². The number of benzene rings is 6. The van der Waals surface area contributed by atoms with Crippen molar-refractivity contribution >= 4 is 17.2 Å². The van der Waals surface area contributed by atoms with E-state index < -0.39 is 6.29 Å². The van der Waals surface area contributed by atoms with Crippen LogP contribution in [0.3, 0.4) is 0 Å². The highest BCUT2D eigenvalue weighted by atomic mass is 16.7. The molecule has 0 spiro atoms. The zero-order valence-corrected chi connectivity index (χ0v) is 42.2. The average Bonchev–Trinajstić information content (AvgIpc) is 3.75. The van der Waals surface area contributed by atoms with Crippen molar-refractivity contribution < 1.29 is 34.0 Å². The summed E-state index contributed by atoms with van der Waals surface area (Å²) in [4.78, 5) is 30.6. The molecular formula is C61H64N6O7. The van der Waals surface area contributed by atoms with Crippen LogP contribution in [0.25, 0.3) is 28.2 Å². The van der Waals surface area contributed by atoms with Crippen LogP contribution in [0, 0.1) is 0 Å². The lowest BCUT2D eigenvalue weighted by molar-refractivity contribution is -0.167. The molecule has 4 N–H and O–H groups in total. The molecule has 74 heavy (non-hydrogen) atoms. The van der Waals surface area contributed by atoms with Gasteiger partial charge in [-0.05, 0) is 91.1 Å². The van der Waals surface area contributed by atoms with Crippen LogP contribution < -0.4 is 15.2 Å². The molecule has 0 saturated heterocycles. The number of Topliss-reactive ketones (excluding diaryl/α,β-unsaturated/α-hetero) is 1. The smallest absolute Gasteiger partial charge is 0.219 e. The number of carbonyl (C=O) groups is 1. The Balaban J connectivity index is 0.000000175. The lowest BCUT2D eigenvalue weighted by atomic mass is 10.1. The molecule has 0 aliphatic carbocycles. The molecule has 0 saturated carbocycles. The van der Waals surface area contributed by atoms with Crippen LogP contribution in [0.5, 0.6) is 17.4 Å². The van der Waals surface area contributed by atoms with Crippen molar-refractivity contribution in [1.29, 1.82) is 0 Å². The summed E-state index contributed by atoms with van der Waals surface area (Å²) in [5, 5.41) is 20.0. The minimum absolute atomic E-state index is 0.0325. The highest BCUT2D eigenvalue weighted by Gasteiger charge is 2.20. The predicted molar refractivity (Wildman–Crippen MR) is 290 cm³/mol. The first-order valence-corrected chi connectivity index (χ1v) is 24.9. The molecule has 0 aliphatic rings. The van der Waals surface area contributed by atoms with E-state index in [4.69, 9.17) is 44.7 Å². The van der Waals surface area contributed by atoms with Crippen molar-refractivity contribution in [3.8, 4) is 39.9 Å². The number of ether oxygens (including phenoxy) is 4. The van der Waals surface area contributed by atoms with Crippen molar-refractivity contribution in [3.05, 3.63) is 222 Å². The largest absolute Gasteiger partial charge is 0.494 e. The summed E-state index contributed by atoms with van der Waals surface area (Å²) in [6, 6.07) is 55.3. The fraction of sp³-hybridized carbons (Fsp3) is 0.230. The minimum atomic E-state index is -0.727. The van der Waals surface area contributed by atoms with Crippen molar-refractivity contribution in [2.45, 2.75) is 59.2 Å². The average molecular weight is 993 g/mol. The SMILES string of the molecule is CCCOc1ccc(-c2cnc(N)c(Cc3ccccc3)n2)cc1.CCOC(OCC)C(=O)Cc1ccccc1.OCCOc1ccc(-c2cn3c(O)c(Cc4ccccc4)nc3c(Cc3ccccc3)n2)cc1. The van der Waals surface area contributed by atoms with Gasteiger partial charge in [0.05, 0.1) is 42.2 Å². The number of rotatable bonds is 21. The van der Waals surface area contributed by atoms with Gasteiger partial charge in [-0.25, -0.2) is 19.9 Å². The molecule has 9 rings (SSSR count). The Morgan fingerprint density at radius 2 is 1.03 bits per heavy atom. The number of hydrogen-bond donors (Lipinski definition) is 3. The van der Waals surface area contributed by atoms with Gasteiger partial charge in [0.2, 0.25) is 12.2 Å². The van der Waals surface area contributed by atoms with Crippen LogP contribution in [0.15, 0.2) is 182 Å². The molecule has 13 heteroatoms. The van der Waals surface area contributed by atoms with Gasteiger partial charge in [-0.3, -0.25) is 9.20 Å². The number of carbonyl (C=O) groups excluding carboxylic acids is 1. The fourth-order valence-electron chi connectivity index (χ4n) is 7.84. The van der Waals surface area contributed by atoms with Crippen molar-refractivity contribution in [1.82, 2.24) is 24.3 Å². The monoisotopic (exact) mass is 992 g/mol. The van der Waals surface area contributed by atoms with E-state index in [-0.39, 0.29) is 24.9 Å². The summed E-state index contributed by atoms with van der Waals surface area (Å²) in [7, 11) is 0. The number of imidazole rings is 1. The maximum Gasteiger partial charge on any atom is 0.219 e. The number of nitrogen functional groups attached to an aromatic ring is 1. The highest BCUT2D eigenvalue weighted by Crippen LogP contribution is 2.29. The minimum Gasteiger partial charge on any atom is -0.494 e. The fourth-order valence-corrected chi connectivity index (χ4v) is 7.84. The molecule has 380 valence electrons. The number of aliphatic hydroxyl groups is 1. The van der Waals surface area contributed by atoms with Gasteiger partial charge in [0.1, 0.15) is 29.6 Å². The first-order chi connectivity index (χ1) is 36.2. The van der Waals surface area contributed by atoms with Crippen molar-refractivity contribution in [2.24, 2.45) is 0 Å². The van der Waals surface area contributed by atoms with Gasteiger partial charge in [0.15, 0.2) is 11.4 Å². The first kappa shape index (κ1) is 53.6. The Bertz CT molecular complexity index is 3080. The summed E-state index contributed by atoms with van der Waals surface area (Å²) >= 11 is 0. The number of nitrogens with zero attached hydrogens (tertiary/aromatic N) is 5. The quantitative estimate of drug-likeness (QED) is 0.0582. The van der Waals surface area contributed by atoms with Crippen molar-refractivity contribution in [3.63, 3.8) is 0 Å². The van der Waals surface area contributed by atoms with Crippen LogP contribution in [0.4, 0.5) is 5.82 Å². The zero-order valence-electron chi connectivity index (χ0n) is 42.2. The molecule has 3 heterocycles. The Morgan fingerprint density at radius 1 is 0.568 bits per heavy atom. The molecule has 9 aromatic rings. The van der Waals surface area contributed by atoms with Gasteiger partial charge < -0.3 is 34.9 Å². The Hall–Kier alpha value is -8.23. The molecule has 0 bridgehead atoms. The number of aromatic hydroxyl groups is 1. The molecule has 3 aromatic heterocycles. The molecule has 0 amide bonds. The molecular weight excluding hydrogens is 929 g/mol. The van der Waals surface area contributed by atoms with Crippen LogP contribution in [-0.4, -0.2) is 79.7 Å². The van der Waals surface area contributed by atoms with E-state index in [9.17, 15) is 9.90 Å². The third-order valence-electron chi connectivity index (χ3n) is 11.5. The van der Waals surface area contributed by atoms with Crippen molar-refractivity contribution in [2.75, 3.05) is 38.8 Å². The molecule has 0 unspecified atom stereocenters. The van der Waals surface area contributed by atoms with E-state index in [1.54, 1.807) is 10.6 Å². The Morgan fingerprint density at radius 3 is 1.53 bits per heavy atom. The van der Waals surface area contributed by atoms with E-state index in [1.165, 1.54) is 5.56 Å². The van der Waals surface area contributed by atoms with E-state index >= 15 is 0 Å². The summed E-state index contributed by atoms with van der Waals surface area (Å²) in [6.45, 7) is 7.68. The van der Waals surface area contributed by atoms with E-state index in [1.807, 2.05) is 166 Å². The Labute approximate surface area is 433 Å². The number of aliphatic hydroxyl groups excluding tert-OH is 1. The van der Waals surface area contributed by atoms with Gasteiger partial charge in [-0.2, -0.15) is 0 Å². The Kier molecular flexibility index (Phi) is 20.4. The van der Waals surface area contributed by atoms with E-state index in [0.717, 1.165) is 69.4 Å². The molecule has 0 aliphatic heterocycles. The lowest BCUT2D eigenvalue weighted by Gasteiger charge is -2.15. The number of aromatic nitrogens is 5. The normalized spacial score (nSPS) is 10.8. The number of fused-ring (bicyclic) bond motifs is 1. The zero-order chi connectivity index (χ0) is 51.9. The number of nitrogens with two attached hydrogens (primary N) is 1. The maximum atomic E-state index is 11.8. The summed E-state index contributed by atoms with van der Waals surface area (Å²) in [6.07, 6.45) is 5.96. The summed E-state index contributed by atoms with van der Waals surface area (Å²) < 4.78 is 23.3. The maximum absolute atomic E-state index is 11.8.